The third kappa shape index (κ3) is 6.09. The van der Waals surface area contributed by atoms with E-state index in [2.05, 4.69) is 20.0 Å². The van der Waals surface area contributed by atoms with Crippen molar-refractivity contribution in [3.63, 3.8) is 0 Å². The first kappa shape index (κ1) is 24.8. The van der Waals surface area contributed by atoms with Crippen LogP contribution >= 0.6 is 0 Å². The summed E-state index contributed by atoms with van der Waals surface area (Å²) in [6, 6.07) is 21.9. The van der Waals surface area contributed by atoms with E-state index < -0.39 is 6.36 Å². The lowest BCUT2D eigenvalue weighted by Crippen LogP contribution is -2.22. The highest BCUT2D eigenvalue weighted by molar-refractivity contribution is 5.97. The molecular weight excluding hydrogens is 497 g/mol. The Kier molecular flexibility index (Phi) is 6.94. The van der Waals surface area contributed by atoms with Gasteiger partial charge >= 0.3 is 6.36 Å². The van der Waals surface area contributed by atoms with Gasteiger partial charge in [-0.05, 0) is 71.8 Å². The fourth-order valence-corrected chi connectivity index (χ4v) is 3.80. The molecule has 1 N–H and O–H groups in total. The van der Waals surface area contributed by atoms with Crippen molar-refractivity contribution in [1.82, 2.24) is 19.9 Å². The first-order valence-electron chi connectivity index (χ1n) is 11.6. The number of carbonyl (C=O) groups is 1. The molecule has 192 valence electrons. The average molecular weight is 518 g/mol. The van der Waals surface area contributed by atoms with Crippen LogP contribution in [0.25, 0.3) is 16.7 Å². The number of hydrogen-bond acceptors (Lipinski definition) is 5. The van der Waals surface area contributed by atoms with Crippen molar-refractivity contribution in [2.24, 2.45) is 0 Å². The molecule has 38 heavy (non-hydrogen) atoms. The van der Waals surface area contributed by atoms with Crippen LogP contribution in [0.2, 0.25) is 0 Å². The van der Waals surface area contributed by atoms with E-state index in [4.69, 9.17) is 4.74 Å². The largest absolute Gasteiger partial charge is 0.573 e. The zero-order valence-electron chi connectivity index (χ0n) is 19.9. The molecule has 0 saturated heterocycles. The number of carbonyl (C=O) groups excluding carboxylic acids is 1. The predicted octanol–water partition coefficient (Wildman–Crippen LogP) is 5.83. The Morgan fingerprint density at radius 3 is 2.39 bits per heavy atom. The highest BCUT2D eigenvalue weighted by Gasteiger charge is 2.30. The van der Waals surface area contributed by atoms with Gasteiger partial charge in [0, 0.05) is 30.2 Å². The molecule has 0 aliphatic carbocycles. The lowest BCUT2D eigenvalue weighted by molar-refractivity contribution is -0.274. The zero-order valence-corrected chi connectivity index (χ0v) is 19.9. The zero-order chi connectivity index (χ0) is 26.5. The maximum absolute atomic E-state index is 12.6. The van der Waals surface area contributed by atoms with Crippen molar-refractivity contribution in [3.8, 4) is 17.2 Å². The van der Waals surface area contributed by atoms with Crippen molar-refractivity contribution in [3.05, 3.63) is 114 Å². The molecule has 7 nitrogen and oxygen atoms in total. The number of pyridine rings is 1. The summed E-state index contributed by atoms with van der Waals surface area (Å²) in [4.78, 5) is 21.1. The Hall–Kier alpha value is -4.86. The summed E-state index contributed by atoms with van der Waals surface area (Å²) >= 11 is 0. The Labute approximate surface area is 215 Å². The number of amides is 1. The van der Waals surface area contributed by atoms with E-state index in [1.165, 1.54) is 24.3 Å². The Morgan fingerprint density at radius 1 is 0.921 bits per heavy atom. The standard InChI is InChI=1S/C28H21F3N4O3/c29-28(30,31)38-24-8-3-19(4-9-24)17-37-23-10-6-22(7-11-23)35-18-34-25-14-21(5-12-26(25)35)27(36)33-16-20-2-1-13-32-15-20/h1-15,18H,16-17H2,(H,33,36). The van der Waals surface area contributed by atoms with Crippen molar-refractivity contribution in [2.75, 3.05) is 0 Å². The van der Waals surface area contributed by atoms with Gasteiger partial charge in [-0.3, -0.25) is 14.3 Å². The van der Waals surface area contributed by atoms with E-state index in [-0.39, 0.29) is 18.3 Å². The number of ether oxygens (including phenoxy) is 2. The Balaban J connectivity index is 1.21. The molecule has 1 amide bonds. The number of rotatable bonds is 8. The summed E-state index contributed by atoms with van der Waals surface area (Å²) in [5, 5.41) is 2.88. The maximum Gasteiger partial charge on any atom is 0.573 e. The van der Waals surface area contributed by atoms with Crippen LogP contribution in [0.5, 0.6) is 11.5 Å². The molecule has 0 unspecified atom stereocenters. The molecule has 0 aliphatic rings. The van der Waals surface area contributed by atoms with Crippen LogP contribution in [0.4, 0.5) is 13.2 Å². The molecule has 10 heteroatoms. The number of alkyl halides is 3. The van der Waals surface area contributed by atoms with Crippen LogP contribution in [0.1, 0.15) is 21.5 Å². The molecule has 5 aromatic rings. The van der Waals surface area contributed by atoms with Gasteiger partial charge in [0.2, 0.25) is 0 Å². The lowest BCUT2D eigenvalue weighted by atomic mass is 10.1. The summed E-state index contributed by atoms with van der Waals surface area (Å²) in [5.74, 6) is 0.117. The predicted molar refractivity (Wildman–Crippen MR) is 134 cm³/mol. The van der Waals surface area contributed by atoms with Gasteiger partial charge in [0.25, 0.3) is 5.91 Å². The van der Waals surface area contributed by atoms with Gasteiger partial charge in [-0.2, -0.15) is 0 Å². The second-order valence-electron chi connectivity index (χ2n) is 8.34. The van der Waals surface area contributed by atoms with Gasteiger partial charge in [-0.15, -0.1) is 13.2 Å². The highest BCUT2D eigenvalue weighted by atomic mass is 19.4. The molecule has 2 heterocycles. The summed E-state index contributed by atoms with van der Waals surface area (Å²) in [5.41, 5.74) is 4.48. The minimum absolute atomic E-state index is 0.186. The number of nitrogens with one attached hydrogen (secondary N) is 1. The molecule has 0 fully saturated rings. The van der Waals surface area contributed by atoms with Gasteiger partial charge in [0.05, 0.1) is 11.0 Å². The number of fused-ring (bicyclic) bond motifs is 1. The number of aromatic nitrogens is 3. The number of hydrogen-bond donors (Lipinski definition) is 1. The Morgan fingerprint density at radius 2 is 1.68 bits per heavy atom. The molecule has 2 aromatic heterocycles. The third-order valence-electron chi connectivity index (χ3n) is 5.66. The van der Waals surface area contributed by atoms with Crippen LogP contribution in [0.15, 0.2) is 97.6 Å². The summed E-state index contributed by atoms with van der Waals surface area (Å²) in [7, 11) is 0. The van der Waals surface area contributed by atoms with Crippen molar-refractivity contribution >= 4 is 16.9 Å². The van der Waals surface area contributed by atoms with Crippen molar-refractivity contribution in [2.45, 2.75) is 19.5 Å². The van der Waals surface area contributed by atoms with Crippen LogP contribution in [0.3, 0.4) is 0 Å². The van der Waals surface area contributed by atoms with Gasteiger partial charge in [0.1, 0.15) is 24.4 Å². The normalized spacial score (nSPS) is 11.3. The van der Waals surface area contributed by atoms with E-state index in [0.717, 1.165) is 16.8 Å². The van der Waals surface area contributed by atoms with E-state index in [9.17, 15) is 18.0 Å². The molecular formula is C28H21F3N4O3. The minimum Gasteiger partial charge on any atom is -0.489 e. The first-order valence-corrected chi connectivity index (χ1v) is 11.6. The van der Waals surface area contributed by atoms with E-state index in [0.29, 0.717) is 28.9 Å². The second kappa shape index (κ2) is 10.6. The van der Waals surface area contributed by atoms with Crippen LogP contribution in [0, 0.1) is 0 Å². The molecule has 0 spiro atoms. The molecule has 0 saturated carbocycles. The number of benzene rings is 3. The third-order valence-corrected chi connectivity index (χ3v) is 5.66. The molecule has 5 rings (SSSR count). The van der Waals surface area contributed by atoms with Crippen LogP contribution < -0.4 is 14.8 Å². The fraction of sp³-hybridized carbons (Fsp3) is 0.107. The molecule has 3 aromatic carbocycles. The van der Waals surface area contributed by atoms with Gasteiger partial charge in [-0.1, -0.05) is 18.2 Å². The minimum atomic E-state index is -4.72. The fourth-order valence-electron chi connectivity index (χ4n) is 3.80. The molecule has 0 atom stereocenters. The molecule has 0 aliphatic heterocycles. The van der Waals surface area contributed by atoms with Gasteiger partial charge in [-0.25, -0.2) is 4.98 Å². The van der Waals surface area contributed by atoms with Crippen molar-refractivity contribution in [1.29, 1.82) is 0 Å². The SMILES string of the molecule is O=C(NCc1cccnc1)c1ccc2c(c1)ncn2-c1ccc(OCc2ccc(OC(F)(F)F)cc2)cc1. The smallest absolute Gasteiger partial charge is 0.489 e. The summed E-state index contributed by atoms with van der Waals surface area (Å²) in [6.07, 6.45) is 0.342. The monoisotopic (exact) mass is 518 g/mol. The lowest BCUT2D eigenvalue weighted by Gasteiger charge is -2.11. The molecule has 0 bridgehead atoms. The number of halogens is 3. The number of imidazole rings is 1. The first-order chi connectivity index (χ1) is 18.3. The average Bonchev–Trinajstić information content (AvgIpc) is 3.35. The van der Waals surface area contributed by atoms with Crippen molar-refractivity contribution < 1.29 is 27.4 Å². The van der Waals surface area contributed by atoms with Crippen LogP contribution in [-0.4, -0.2) is 26.8 Å². The summed E-state index contributed by atoms with van der Waals surface area (Å²) < 4.78 is 48.4. The van der Waals surface area contributed by atoms with E-state index in [1.807, 2.05) is 34.9 Å². The molecule has 0 radical (unpaired) electrons. The summed E-state index contributed by atoms with van der Waals surface area (Å²) in [6.45, 7) is 0.566. The van der Waals surface area contributed by atoms with Gasteiger partial charge < -0.3 is 14.8 Å². The second-order valence-corrected chi connectivity index (χ2v) is 8.34. The van der Waals surface area contributed by atoms with E-state index >= 15 is 0 Å². The highest BCUT2D eigenvalue weighted by Crippen LogP contribution is 2.24. The number of nitrogens with zero attached hydrogens (tertiary/aromatic N) is 3. The maximum atomic E-state index is 12.6. The Bertz CT molecular complexity index is 1530. The van der Waals surface area contributed by atoms with E-state index in [1.54, 1.807) is 43.0 Å². The van der Waals surface area contributed by atoms with Crippen LogP contribution in [-0.2, 0) is 13.2 Å². The topological polar surface area (TPSA) is 78.3 Å². The quantitative estimate of drug-likeness (QED) is 0.280. The van der Waals surface area contributed by atoms with Gasteiger partial charge in [0.15, 0.2) is 0 Å².